The molecule has 10 heteroatoms. The van der Waals surface area contributed by atoms with Gasteiger partial charge in [0.1, 0.15) is 10.9 Å². The lowest BCUT2D eigenvalue weighted by Gasteiger charge is -2.14. The van der Waals surface area contributed by atoms with Crippen LogP contribution in [0.3, 0.4) is 0 Å². The van der Waals surface area contributed by atoms with Crippen molar-refractivity contribution in [1.29, 1.82) is 0 Å². The maximum atomic E-state index is 12.6. The van der Waals surface area contributed by atoms with E-state index in [-0.39, 0.29) is 18.4 Å². The minimum absolute atomic E-state index is 0.117. The molecule has 0 atom stereocenters. The van der Waals surface area contributed by atoms with Crippen LogP contribution in [0.5, 0.6) is 0 Å². The Bertz CT molecular complexity index is 971. The normalized spacial score (nSPS) is 15.0. The van der Waals surface area contributed by atoms with E-state index in [1.807, 2.05) is 10.8 Å². The average molecular weight is 445 g/mol. The van der Waals surface area contributed by atoms with E-state index in [2.05, 4.69) is 15.0 Å². The first-order chi connectivity index (χ1) is 14.5. The maximum Gasteiger partial charge on any atom is 0.337 e. The standard InChI is InChI=1S/C20H20N4O4S2/c1-28-19(27)15-5-3-14(4-6-15)11-16-18(26)24(20(29)30-16)12-17(25)22-7-2-9-23-10-8-21-13-23/h3-6,8,10-11,13H,2,7,9,12H2,1H3,(H,22,25). The Morgan fingerprint density at radius 1 is 1.30 bits per heavy atom. The average Bonchev–Trinajstić information content (AvgIpc) is 3.35. The van der Waals surface area contributed by atoms with Crippen molar-refractivity contribution in [3.05, 3.63) is 59.0 Å². The smallest absolute Gasteiger partial charge is 0.337 e. The monoisotopic (exact) mass is 444 g/mol. The van der Waals surface area contributed by atoms with E-state index in [0.717, 1.165) is 30.3 Å². The molecule has 8 nitrogen and oxygen atoms in total. The zero-order valence-corrected chi connectivity index (χ0v) is 17.9. The molecule has 156 valence electrons. The van der Waals surface area contributed by atoms with Gasteiger partial charge in [-0.15, -0.1) is 0 Å². The Morgan fingerprint density at radius 2 is 2.07 bits per heavy atom. The molecule has 2 heterocycles. The van der Waals surface area contributed by atoms with Crippen molar-refractivity contribution < 1.29 is 19.1 Å². The fourth-order valence-corrected chi connectivity index (χ4v) is 3.98. The molecule has 3 rings (SSSR count). The highest BCUT2D eigenvalue weighted by atomic mass is 32.2. The summed E-state index contributed by atoms with van der Waals surface area (Å²) in [5, 5.41) is 2.80. The molecule has 1 aliphatic heterocycles. The Morgan fingerprint density at radius 3 is 2.73 bits per heavy atom. The summed E-state index contributed by atoms with van der Waals surface area (Å²) in [4.78, 5) is 42.0. The van der Waals surface area contributed by atoms with Crippen LogP contribution in [0.2, 0.25) is 0 Å². The van der Waals surface area contributed by atoms with Gasteiger partial charge in [-0.1, -0.05) is 36.1 Å². The van der Waals surface area contributed by atoms with Crippen LogP contribution in [0.25, 0.3) is 6.08 Å². The number of rotatable bonds is 8. The zero-order valence-electron chi connectivity index (χ0n) is 16.2. The molecule has 1 aromatic carbocycles. The third kappa shape index (κ3) is 5.55. The van der Waals surface area contributed by atoms with Crippen molar-refractivity contribution in [2.45, 2.75) is 13.0 Å². The number of imidazole rings is 1. The summed E-state index contributed by atoms with van der Waals surface area (Å²) in [7, 11) is 1.32. The van der Waals surface area contributed by atoms with Gasteiger partial charge in [0.05, 0.1) is 23.9 Å². The van der Waals surface area contributed by atoms with Crippen LogP contribution < -0.4 is 5.32 Å². The van der Waals surface area contributed by atoms with Gasteiger partial charge in [0.25, 0.3) is 5.91 Å². The third-order valence-electron chi connectivity index (χ3n) is 4.28. The molecule has 0 radical (unpaired) electrons. The molecule has 2 aromatic rings. The summed E-state index contributed by atoms with van der Waals surface area (Å²) in [5.74, 6) is -1.000. The van der Waals surface area contributed by atoms with E-state index < -0.39 is 5.97 Å². The molecule has 0 spiro atoms. The van der Waals surface area contributed by atoms with E-state index in [9.17, 15) is 14.4 Å². The Balaban J connectivity index is 1.52. The summed E-state index contributed by atoms with van der Waals surface area (Å²) in [6, 6.07) is 6.67. The highest BCUT2D eigenvalue weighted by molar-refractivity contribution is 8.26. The van der Waals surface area contributed by atoms with Gasteiger partial charge in [0.15, 0.2) is 0 Å². The van der Waals surface area contributed by atoms with Gasteiger partial charge in [-0.05, 0) is 30.2 Å². The second-order valence-electron chi connectivity index (χ2n) is 6.39. The summed E-state index contributed by atoms with van der Waals surface area (Å²) < 4.78 is 6.93. The number of hydrogen-bond acceptors (Lipinski definition) is 7. The predicted octanol–water partition coefficient (Wildman–Crippen LogP) is 2.08. The van der Waals surface area contributed by atoms with E-state index >= 15 is 0 Å². The number of thioether (sulfide) groups is 1. The molecular formula is C20H20N4O4S2. The van der Waals surface area contributed by atoms with Crippen LogP contribution in [-0.2, 0) is 20.9 Å². The van der Waals surface area contributed by atoms with E-state index in [1.54, 1.807) is 42.9 Å². The van der Waals surface area contributed by atoms with Crippen molar-refractivity contribution >= 4 is 52.2 Å². The number of thiocarbonyl (C=S) groups is 1. The number of benzene rings is 1. The molecule has 1 aromatic heterocycles. The van der Waals surface area contributed by atoms with Gasteiger partial charge in [-0.2, -0.15) is 0 Å². The molecule has 1 N–H and O–H groups in total. The van der Waals surface area contributed by atoms with Crippen molar-refractivity contribution in [3.8, 4) is 0 Å². The second-order valence-corrected chi connectivity index (χ2v) is 8.06. The molecule has 1 saturated heterocycles. The quantitative estimate of drug-likeness (QED) is 0.288. The first-order valence-electron chi connectivity index (χ1n) is 9.14. The Kier molecular flexibility index (Phi) is 7.36. The number of ether oxygens (including phenoxy) is 1. The summed E-state index contributed by atoms with van der Waals surface area (Å²) >= 11 is 6.41. The number of carbonyl (C=O) groups excluding carboxylic acids is 3. The number of nitrogens with zero attached hydrogens (tertiary/aromatic N) is 3. The zero-order chi connectivity index (χ0) is 21.5. The molecule has 1 fully saturated rings. The lowest BCUT2D eigenvalue weighted by molar-refractivity contribution is -0.128. The number of esters is 1. The summed E-state index contributed by atoms with van der Waals surface area (Å²) in [6.07, 6.45) is 7.72. The molecule has 0 saturated carbocycles. The SMILES string of the molecule is COC(=O)c1ccc(C=C2SC(=S)N(CC(=O)NCCCn3ccnc3)C2=O)cc1. The minimum atomic E-state index is -0.427. The fourth-order valence-electron chi connectivity index (χ4n) is 2.73. The maximum absolute atomic E-state index is 12.6. The van der Waals surface area contributed by atoms with E-state index in [0.29, 0.717) is 21.3 Å². The van der Waals surface area contributed by atoms with Crippen molar-refractivity contribution in [1.82, 2.24) is 19.8 Å². The fraction of sp³-hybridized carbons (Fsp3) is 0.250. The highest BCUT2D eigenvalue weighted by Crippen LogP contribution is 2.32. The topological polar surface area (TPSA) is 93.5 Å². The molecule has 1 aliphatic rings. The summed E-state index contributed by atoms with van der Waals surface area (Å²) in [5.41, 5.74) is 1.17. The van der Waals surface area contributed by atoms with Crippen molar-refractivity contribution in [3.63, 3.8) is 0 Å². The lowest BCUT2D eigenvalue weighted by atomic mass is 10.1. The highest BCUT2D eigenvalue weighted by Gasteiger charge is 2.33. The van der Waals surface area contributed by atoms with Crippen LogP contribution >= 0.6 is 24.0 Å². The number of carbonyl (C=O) groups is 3. The number of aromatic nitrogens is 2. The first kappa shape index (κ1) is 21.7. The van der Waals surface area contributed by atoms with Crippen LogP contribution in [0, 0.1) is 0 Å². The first-order valence-corrected chi connectivity index (χ1v) is 10.4. The number of hydrogen-bond donors (Lipinski definition) is 1. The molecule has 0 unspecified atom stereocenters. The Hall–Kier alpha value is -2.98. The van der Waals surface area contributed by atoms with E-state index in [1.165, 1.54) is 12.0 Å². The van der Waals surface area contributed by atoms with Gasteiger partial charge in [-0.3, -0.25) is 14.5 Å². The van der Waals surface area contributed by atoms with Gasteiger partial charge in [0, 0.05) is 25.5 Å². The third-order valence-corrected chi connectivity index (χ3v) is 5.66. The number of amides is 2. The van der Waals surface area contributed by atoms with E-state index in [4.69, 9.17) is 12.2 Å². The Labute approximate surface area is 183 Å². The number of methoxy groups -OCH3 is 1. The van der Waals surface area contributed by atoms with Crippen molar-refractivity contribution in [2.75, 3.05) is 20.2 Å². The number of nitrogens with one attached hydrogen (secondary N) is 1. The molecule has 0 bridgehead atoms. The molecule has 30 heavy (non-hydrogen) atoms. The van der Waals surface area contributed by atoms with Crippen LogP contribution in [0.4, 0.5) is 0 Å². The number of aryl methyl sites for hydroxylation is 1. The molecule has 2 amide bonds. The van der Waals surface area contributed by atoms with Gasteiger partial charge in [-0.25, -0.2) is 9.78 Å². The van der Waals surface area contributed by atoms with Gasteiger partial charge in [0.2, 0.25) is 5.91 Å². The van der Waals surface area contributed by atoms with Crippen LogP contribution in [-0.4, -0.2) is 56.8 Å². The molecular weight excluding hydrogens is 424 g/mol. The van der Waals surface area contributed by atoms with Gasteiger partial charge < -0.3 is 14.6 Å². The van der Waals surface area contributed by atoms with Crippen LogP contribution in [0.15, 0.2) is 47.9 Å². The van der Waals surface area contributed by atoms with Crippen LogP contribution in [0.1, 0.15) is 22.3 Å². The largest absolute Gasteiger partial charge is 0.465 e. The second kappa shape index (κ2) is 10.2. The molecule has 0 aliphatic carbocycles. The summed E-state index contributed by atoms with van der Waals surface area (Å²) in [6.45, 7) is 1.13. The van der Waals surface area contributed by atoms with Crippen molar-refractivity contribution in [2.24, 2.45) is 0 Å². The predicted molar refractivity (Wildman–Crippen MR) is 118 cm³/mol. The lowest BCUT2D eigenvalue weighted by Crippen LogP contribution is -2.39. The van der Waals surface area contributed by atoms with Gasteiger partial charge >= 0.3 is 5.97 Å². The minimum Gasteiger partial charge on any atom is -0.465 e.